The summed E-state index contributed by atoms with van der Waals surface area (Å²) >= 11 is 0. The lowest BCUT2D eigenvalue weighted by molar-refractivity contribution is 0.281. The molecule has 0 radical (unpaired) electrons. The van der Waals surface area contributed by atoms with Crippen LogP contribution >= 0.6 is 0 Å². The molecule has 0 aromatic carbocycles. The van der Waals surface area contributed by atoms with E-state index in [0.717, 1.165) is 5.56 Å². The second kappa shape index (κ2) is 6.75. The molecular formula is C14H17N3O3S. The van der Waals surface area contributed by atoms with Gasteiger partial charge in [0, 0.05) is 31.7 Å². The van der Waals surface area contributed by atoms with E-state index in [4.69, 9.17) is 5.11 Å². The molecule has 21 heavy (non-hydrogen) atoms. The molecule has 1 N–H and O–H groups in total. The average molecular weight is 307 g/mol. The first-order chi connectivity index (χ1) is 10.1. The molecule has 2 aromatic rings. The van der Waals surface area contributed by atoms with Crippen LogP contribution in [0.4, 0.5) is 0 Å². The van der Waals surface area contributed by atoms with Crippen LogP contribution in [-0.4, -0.2) is 34.3 Å². The monoisotopic (exact) mass is 307 g/mol. The molecule has 0 bridgehead atoms. The van der Waals surface area contributed by atoms with Gasteiger partial charge in [-0.05, 0) is 29.3 Å². The second-order valence-electron chi connectivity index (χ2n) is 4.45. The number of hydrogen-bond acceptors (Lipinski definition) is 5. The van der Waals surface area contributed by atoms with Crippen molar-refractivity contribution in [3.63, 3.8) is 0 Å². The summed E-state index contributed by atoms with van der Waals surface area (Å²) in [5.74, 6) is 0. The van der Waals surface area contributed by atoms with Crippen LogP contribution < -0.4 is 0 Å². The Labute approximate surface area is 124 Å². The van der Waals surface area contributed by atoms with Crippen molar-refractivity contribution >= 4 is 10.0 Å². The summed E-state index contributed by atoms with van der Waals surface area (Å²) in [6.07, 6.45) is 4.63. The number of aromatic nitrogens is 2. The van der Waals surface area contributed by atoms with E-state index < -0.39 is 10.0 Å². The van der Waals surface area contributed by atoms with E-state index in [-0.39, 0.29) is 18.2 Å². The molecule has 2 aromatic heterocycles. The predicted octanol–water partition coefficient (Wildman–Crippen LogP) is 1.18. The Morgan fingerprint density at radius 2 is 1.86 bits per heavy atom. The van der Waals surface area contributed by atoms with Gasteiger partial charge in [-0.2, -0.15) is 4.31 Å². The number of nitrogens with zero attached hydrogens (tertiary/aromatic N) is 3. The third kappa shape index (κ3) is 3.63. The minimum Gasteiger partial charge on any atom is -0.392 e. The van der Waals surface area contributed by atoms with Gasteiger partial charge in [-0.15, -0.1) is 0 Å². The third-order valence-electron chi connectivity index (χ3n) is 3.05. The predicted molar refractivity (Wildman–Crippen MR) is 77.7 cm³/mol. The molecule has 0 aliphatic carbocycles. The Morgan fingerprint density at radius 1 is 1.14 bits per heavy atom. The highest BCUT2D eigenvalue weighted by Crippen LogP contribution is 2.16. The van der Waals surface area contributed by atoms with Crippen LogP contribution in [0.5, 0.6) is 0 Å². The van der Waals surface area contributed by atoms with Crippen molar-refractivity contribution in [3.05, 3.63) is 54.0 Å². The molecule has 0 aliphatic heterocycles. The second-order valence-corrected chi connectivity index (χ2v) is 6.33. The van der Waals surface area contributed by atoms with Crippen LogP contribution in [-0.2, 0) is 23.2 Å². The normalized spacial score (nSPS) is 11.8. The topological polar surface area (TPSA) is 83.4 Å². The van der Waals surface area contributed by atoms with E-state index in [0.29, 0.717) is 12.1 Å². The van der Waals surface area contributed by atoms with Gasteiger partial charge in [0.25, 0.3) is 10.0 Å². The highest BCUT2D eigenvalue weighted by atomic mass is 32.2. The third-order valence-corrected chi connectivity index (χ3v) is 4.88. The molecule has 0 spiro atoms. The van der Waals surface area contributed by atoms with E-state index in [1.807, 2.05) is 0 Å². The van der Waals surface area contributed by atoms with E-state index in [1.165, 1.54) is 16.6 Å². The number of sulfonamides is 1. The van der Waals surface area contributed by atoms with Crippen molar-refractivity contribution in [2.75, 3.05) is 6.54 Å². The Balaban J connectivity index is 2.26. The van der Waals surface area contributed by atoms with E-state index in [2.05, 4.69) is 9.97 Å². The molecule has 6 nitrogen and oxygen atoms in total. The van der Waals surface area contributed by atoms with Gasteiger partial charge in [0.15, 0.2) is 5.03 Å². The standard InChI is InChI=1S/C14H17N3O3S/c1-2-17(10-12-5-7-15-8-6-12)21(19,20)14-4-3-13(11-18)9-16-14/h3-9,18H,2,10-11H2,1H3. The smallest absolute Gasteiger partial charge is 0.260 e. The number of hydrogen-bond donors (Lipinski definition) is 1. The average Bonchev–Trinajstić information content (AvgIpc) is 2.53. The first-order valence-corrected chi connectivity index (χ1v) is 7.96. The lowest BCUT2D eigenvalue weighted by Crippen LogP contribution is -2.31. The van der Waals surface area contributed by atoms with Gasteiger partial charge in [0.05, 0.1) is 6.61 Å². The zero-order valence-electron chi connectivity index (χ0n) is 11.7. The lowest BCUT2D eigenvalue weighted by Gasteiger charge is -2.20. The van der Waals surface area contributed by atoms with Crippen molar-refractivity contribution < 1.29 is 13.5 Å². The minimum atomic E-state index is -3.65. The van der Waals surface area contributed by atoms with Gasteiger partial charge in [0.1, 0.15) is 0 Å². The molecular weight excluding hydrogens is 290 g/mol. The van der Waals surface area contributed by atoms with Crippen molar-refractivity contribution in [2.45, 2.75) is 25.1 Å². The molecule has 0 aliphatic rings. The summed E-state index contributed by atoms with van der Waals surface area (Å²) in [6.45, 7) is 2.22. The van der Waals surface area contributed by atoms with Crippen LogP contribution in [0.2, 0.25) is 0 Å². The number of aliphatic hydroxyl groups excluding tert-OH is 1. The van der Waals surface area contributed by atoms with E-state index in [1.54, 1.807) is 37.5 Å². The number of rotatable bonds is 6. The molecule has 2 rings (SSSR count). The van der Waals surface area contributed by atoms with Gasteiger partial charge in [-0.3, -0.25) is 4.98 Å². The molecule has 0 fully saturated rings. The Hall–Kier alpha value is -1.83. The first-order valence-electron chi connectivity index (χ1n) is 6.52. The molecule has 112 valence electrons. The first kappa shape index (κ1) is 15.6. The summed E-state index contributed by atoms with van der Waals surface area (Å²) in [4.78, 5) is 7.84. The Morgan fingerprint density at radius 3 is 2.38 bits per heavy atom. The summed E-state index contributed by atoms with van der Waals surface area (Å²) in [5.41, 5.74) is 1.44. The Kier molecular flexibility index (Phi) is 5.00. The molecule has 0 saturated heterocycles. The van der Waals surface area contributed by atoms with Crippen molar-refractivity contribution in [1.82, 2.24) is 14.3 Å². The summed E-state index contributed by atoms with van der Waals surface area (Å²) in [6, 6.07) is 6.52. The fourth-order valence-electron chi connectivity index (χ4n) is 1.85. The largest absolute Gasteiger partial charge is 0.392 e. The van der Waals surface area contributed by atoms with Crippen LogP contribution in [0, 0.1) is 0 Å². The zero-order chi connectivity index (χ0) is 15.3. The van der Waals surface area contributed by atoms with E-state index in [9.17, 15) is 8.42 Å². The van der Waals surface area contributed by atoms with Gasteiger partial charge in [-0.1, -0.05) is 13.0 Å². The number of aliphatic hydroxyl groups is 1. The fraction of sp³-hybridized carbons (Fsp3) is 0.286. The Bertz CT molecular complexity index is 672. The highest BCUT2D eigenvalue weighted by molar-refractivity contribution is 7.89. The maximum Gasteiger partial charge on any atom is 0.260 e. The van der Waals surface area contributed by atoms with Gasteiger partial charge in [-0.25, -0.2) is 13.4 Å². The van der Waals surface area contributed by atoms with Crippen LogP contribution in [0.1, 0.15) is 18.1 Å². The van der Waals surface area contributed by atoms with Gasteiger partial charge < -0.3 is 5.11 Å². The summed E-state index contributed by atoms with van der Waals surface area (Å²) in [5, 5.41) is 8.96. The maximum absolute atomic E-state index is 12.6. The molecule has 0 saturated carbocycles. The van der Waals surface area contributed by atoms with Gasteiger partial charge in [0.2, 0.25) is 0 Å². The maximum atomic E-state index is 12.6. The molecule has 0 amide bonds. The SMILES string of the molecule is CCN(Cc1ccncc1)S(=O)(=O)c1ccc(CO)cn1. The fourth-order valence-corrected chi connectivity index (χ4v) is 3.20. The summed E-state index contributed by atoms with van der Waals surface area (Å²) in [7, 11) is -3.65. The molecule has 7 heteroatoms. The minimum absolute atomic E-state index is 0.0180. The van der Waals surface area contributed by atoms with Crippen molar-refractivity contribution in [1.29, 1.82) is 0 Å². The molecule has 2 heterocycles. The quantitative estimate of drug-likeness (QED) is 0.866. The molecule has 0 unspecified atom stereocenters. The van der Waals surface area contributed by atoms with Gasteiger partial charge >= 0.3 is 0 Å². The van der Waals surface area contributed by atoms with Crippen molar-refractivity contribution in [3.8, 4) is 0 Å². The molecule has 0 atom stereocenters. The number of pyridine rings is 2. The lowest BCUT2D eigenvalue weighted by atomic mass is 10.3. The summed E-state index contributed by atoms with van der Waals surface area (Å²) < 4.78 is 26.5. The van der Waals surface area contributed by atoms with Crippen LogP contribution in [0.15, 0.2) is 47.9 Å². The van der Waals surface area contributed by atoms with Crippen LogP contribution in [0.3, 0.4) is 0 Å². The van der Waals surface area contributed by atoms with E-state index >= 15 is 0 Å². The highest BCUT2D eigenvalue weighted by Gasteiger charge is 2.24. The van der Waals surface area contributed by atoms with Crippen molar-refractivity contribution in [2.24, 2.45) is 0 Å². The van der Waals surface area contributed by atoms with Crippen LogP contribution in [0.25, 0.3) is 0 Å². The zero-order valence-corrected chi connectivity index (χ0v) is 12.5.